The van der Waals surface area contributed by atoms with Crippen LogP contribution in [-0.2, 0) is 6.42 Å². The largest absolute Gasteiger partial charge is 0.409 e. The zero-order valence-electron chi connectivity index (χ0n) is 10.4. The second-order valence-corrected chi connectivity index (χ2v) is 4.24. The predicted molar refractivity (Wildman–Crippen MR) is 70.2 cm³/mol. The molecule has 0 aliphatic heterocycles. The predicted octanol–water partition coefficient (Wildman–Crippen LogP) is 1.73. The number of amidine groups is 1. The Bertz CT molecular complexity index is 351. The van der Waals surface area contributed by atoms with Crippen LogP contribution in [0.1, 0.15) is 25.8 Å². The zero-order valence-corrected chi connectivity index (χ0v) is 10.4. The minimum Gasteiger partial charge on any atom is -0.409 e. The highest BCUT2D eigenvalue weighted by Gasteiger charge is 2.14. The van der Waals surface area contributed by atoms with Crippen molar-refractivity contribution in [1.29, 1.82) is 0 Å². The number of hydrogen-bond acceptors (Lipinski definition) is 3. The molecular weight excluding hydrogens is 214 g/mol. The van der Waals surface area contributed by atoms with E-state index < -0.39 is 0 Å². The van der Waals surface area contributed by atoms with Gasteiger partial charge in [0.15, 0.2) is 5.84 Å². The molecule has 4 nitrogen and oxygen atoms in total. The topological polar surface area (TPSA) is 70.6 Å². The minimum absolute atomic E-state index is 0.0706. The summed E-state index contributed by atoms with van der Waals surface area (Å²) in [5.41, 5.74) is 6.89. The summed E-state index contributed by atoms with van der Waals surface area (Å²) >= 11 is 0. The fourth-order valence-corrected chi connectivity index (χ4v) is 1.85. The molecule has 0 bridgehead atoms. The highest BCUT2D eigenvalue weighted by molar-refractivity contribution is 5.85. The third-order valence-electron chi connectivity index (χ3n) is 2.75. The molecule has 0 saturated heterocycles. The van der Waals surface area contributed by atoms with Gasteiger partial charge < -0.3 is 16.3 Å². The molecule has 2 unspecified atom stereocenters. The van der Waals surface area contributed by atoms with E-state index in [9.17, 15) is 0 Å². The van der Waals surface area contributed by atoms with Crippen LogP contribution in [0.5, 0.6) is 0 Å². The highest BCUT2D eigenvalue weighted by Crippen LogP contribution is 2.04. The number of hydrogen-bond donors (Lipinski definition) is 3. The van der Waals surface area contributed by atoms with Gasteiger partial charge in [0, 0.05) is 6.04 Å². The smallest absolute Gasteiger partial charge is 0.156 e. The number of oxime groups is 1. The Balaban J connectivity index is 2.51. The maximum Gasteiger partial charge on any atom is 0.156 e. The zero-order chi connectivity index (χ0) is 12.7. The lowest BCUT2D eigenvalue weighted by molar-refractivity contribution is 0.313. The molecule has 1 aromatic carbocycles. The molecule has 0 spiro atoms. The van der Waals surface area contributed by atoms with Gasteiger partial charge in [0.2, 0.25) is 0 Å². The molecule has 4 N–H and O–H groups in total. The van der Waals surface area contributed by atoms with Crippen molar-refractivity contribution in [3.63, 3.8) is 0 Å². The van der Waals surface area contributed by atoms with E-state index in [4.69, 9.17) is 10.9 Å². The van der Waals surface area contributed by atoms with E-state index in [1.165, 1.54) is 5.56 Å². The van der Waals surface area contributed by atoms with E-state index in [1.54, 1.807) is 0 Å². The van der Waals surface area contributed by atoms with E-state index >= 15 is 0 Å². The van der Waals surface area contributed by atoms with Gasteiger partial charge in [-0.3, -0.25) is 0 Å². The van der Waals surface area contributed by atoms with Gasteiger partial charge >= 0.3 is 0 Å². The fourth-order valence-electron chi connectivity index (χ4n) is 1.85. The van der Waals surface area contributed by atoms with E-state index in [1.807, 2.05) is 25.1 Å². The average molecular weight is 235 g/mol. The Morgan fingerprint density at radius 3 is 2.59 bits per heavy atom. The third-order valence-corrected chi connectivity index (χ3v) is 2.75. The van der Waals surface area contributed by atoms with Crippen molar-refractivity contribution in [2.45, 2.75) is 38.8 Å². The van der Waals surface area contributed by atoms with Gasteiger partial charge in [-0.15, -0.1) is 0 Å². The average Bonchev–Trinajstić information content (AvgIpc) is 2.36. The number of nitrogens with one attached hydrogen (secondary N) is 1. The van der Waals surface area contributed by atoms with Gasteiger partial charge in [-0.25, -0.2) is 0 Å². The van der Waals surface area contributed by atoms with E-state index in [2.05, 4.69) is 29.5 Å². The molecule has 0 aliphatic rings. The lowest BCUT2D eigenvalue weighted by Crippen LogP contribution is -2.45. The van der Waals surface area contributed by atoms with Crippen LogP contribution in [0.4, 0.5) is 0 Å². The molecular formula is C13H21N3O. The quantitative estimate of drug-likeness (QED) is 0.304. The van der Waals surface area contributed by atoms with Crippen molar-refractivity contribution in [2.24, 2.45) is 10.9 Å². The van der Waals surface area contributed by atoms with Crippen LogP contribution in [0.25, 0.3) is 0 Å². The standard InChI is InChI=1S/C13H21N3O/c1-3-12(13(14)16-17)15-10(2)9-11-7-5-4-6-8-11/h4-8,10,12,15,17H,3,9H2,1-2H3,(H2,14,16). The van der Waals surface area contributed by atoms with Gasteiger partial charge in [0.05, 0.1) is 6.04 Å². The normalized spacial score (nSPS) is 15.5. The highest BCUT2D eigenvalue weighted by atomic mass is 16.4. The van der Waals surface area contributed by atoms with Crippen LogP contribution < -0.4 is 11.1 Å². The molecule has 4 heteroatoms. The molecule has 0 fully saturated rings. The Morgan fingerprint density at radius 2 is 2.06 bits per heavy atom. The minimum atomic E-state index is -0.0706. The Hall–Kier alpha value is -1.55. The molecule has 0 amide bonds. The Kier molecular flexibility index (Phi) is 5.49. The number of nitrogens with two attached hydrogens (primary N) is 1. The van der Waals surface area contributed by atoms with Gasteiger partial charge in [-0.2, -0.15) is 0 Å². The van der Waals surface area contributed by atoms with Crippen LogP contribution in [-0.4, -0.2) is 23.1 Å². The summed E-state index contributed by atoms with van der Waals surface area (Å²) in [6.07, 6.45) is 1.73. The van der Waals surface area contributed by atoms with Crippen LogP contribution in [0.3, 0.4) is 0 Å². The summed E-state index contributed by atoms with van der Waals surface area (Å²) in [5.74, 6) is 0.243. The molecule has 0 aromatic heterocycles. The first-order valence-electron chi connectivity index (χ1n) is 5.94. The van der Waals surface area contributed by atoms with Gasteiger partial charge in [0.25, 0.3) is 0 Å². The van der Waals surface area contributed by atoms with E-state index in [0.717, 1.165) is 12.8 Å². The molecule has 94 valence electrons. The molecule has 0 radical (unpaired) electrons. The van der Waals surface area contributed by atoms with Crippen molar-refractivity contribution >= 4 is 5.84 Å². The second kappa shape index (κ2) is 6.91. The first kappa shape index (κ1) is 13.5. The third kappa shape index (κ3) is 4.44. The maximum atomic E-state index is 8.66. The number of benzene rings is 1. The maximum absolute atomic E-state index is 8.66. The lowest BCUT2D eigenvalue weighted by atomic mass is 10.1. The Morgan fingerprint density at radius 1 is 1.41 bits per heavy atom. The molecule has 0 aliphatic carbocycles. The summed E-state index contributed by atoms with van der Waals surface area (Å²) in [4.78, 5) is 0. The molecule has 1 aromatic rings. The second-order valence-electron chi connectivity index (χ2n) is 4.24. The summed E-state index contributed by atoms with van der Waals surface area (Å²) < 4.78 is 0. The lowest BCUT2D eigenvalue weighted by Gasteiger charge is -2.21. The van der Waals surface area contributed by atoms with Crippen molar-refractivity contribution < 1.29 is 5.21 Å². The summed E-state index contributed by atoms with van der Waals surface area (Å²) in [6, 6.07) is 10.5. The number of rotatable bonds is 6. The SMILES string of the molecule is CCC(NC(C)Cc1ccccc1)C(N)=NO. The molecule has 0 saturated carbocycles. The molecule has 0 heterocycles. The molecule has 1 rings (SSSR count). The molecule has 17 heavy (non-hydrogen) atoms. The van der Waals surface area contributed by atoms with Crippen molar-refractivity contribution in [2.75, 3.05) is 0 Å². The Labute approximate surface area is 103 Å². The first-order chi connectivity index (χ1) is 8.17. The van der Waals surface area contributed by atoms with Crippen LogP contribution >= 0.6 is 0 Å². The van der Waals surface area contributed by atoms with Crippen LogP contribution in [0, 0.1) is 0 Å². The fraction of sp³-hybridized carbons (Fsp3) is 0.462. The van der Waals surface area contributed by atoms with Gasteiger partial charge in [-0.05, 0) is 25.3 Å². The number of nitrogens with zero attached hydrogens (tertiary/aromatic N) is 1. The summed E-state index contributed by atoms with van der Waals surface area (Å²) in [6.45, 7) is 4.10. The van der Waals surface area contributed by atoms with Crippen LogP contribution in [0.2, 0.25) is 0 Å². The van der Waals surface area contributed by atoms with Crippen molar-refractivity contribution in [1.82, 2.24) is 5.32 Å². The first-order valence-corrected chi connectivity index (χ1v) is 5.94. The van der Waals surface area contributed by atoms with E-state index in [0.29, 0.717) is 0 Å². The van der Waals surface area contributed by atoms with E-state index in [-0.39, 0.29) is 17.9 Å². The van der Waals surface area contributed by atoms with Gasteiger partial charge in [-0.1, -0.05) is 42.4 Å². The van der Waals surface area contributed by atoms with Crippen molar-refractivity contribution in [3.05, 3.63) is 35.9 Å². The van der Waals surface area contributed by atoms with Gasteiger partial charge in [0.1, 0.15) is 0 Å². The van der Waals surface area contributed by atoms with Crippen molar-refractivity contribution in [3.8, 4) is 0 Å². The van der Waals surface area contributed by atoms with Crippen LogP contribution in [0.15, 0.2) is 35.5 Å². The monoisotopic (exact) mass is 235 g/mol. The molecule has 2 atom stereocenters. The summed E-state index contributed by atoms with van der Waals surface area (Å²) in [5, 5.41) is 15.1. The summed E-state index contributed by atoms with van der Waals surface area (Å²) in [7, 11) is 0.